The standard InChI is InChI=1S/C29H33N5O3/c30-27(31)32-11-4-1-5-12-34-13-10-28-23-18-8-9-21(35)25(23)37-26(28)24-19(16-29(28,36)22(34)15-18)14-17-6-2-3-7-20(17)33-24/h2-3,6-9,14,22,26,35-36H,1,4-5,10-13,15-16H2,(H4,30,31,32)/t22-,26+,28+,29-/m1/s1. The highest BCUT2D eigenvalue weighted by atomic mass is 16.5. The number of aliphatic hydroxyl groups is 1. The minimum Gasteiger partial charge on any atom is -0.504 e. The molecule has 0 radical (unpaired) electrons. The average Bonchev–Trinajstić information content (AvgIpc) is 3.23. The Bertz CT molecular complexity index is 1440. The summed E-state index contributed by atoms with van der Waals surface area (Å²) in [6, 6.07) is 14.0. The number of para-hydroxylation sites is 1. The van der Waals surface area contributed by atoms with Gasteiger partial charge in [0.15, 0.2) is 23.6 Å². The first kappa shape index (κ1) is 22.8. The van der Waals surface area contributed by atoms with E-state index in [4.69, 9.17) is 21.2 Å². The average molecular weight is 500 g/mol. The van der Waals surface area contributed by atoms with E-state index in [-0.39, 0.29) is 17.8 Å². The Morgan fingerprint density at radius 1 is 1.14 bits per heavy atom. The molecule has 0 unspecified atom stereocenters. The zero-order chi connectivity index (χ0) is 25.4. The maximum absolute atomic E-state index is 12.8. The fraction of sp³-hybridized carbons (Fsp3) is 0.448. The molecule has 3 aromatic rings. The van der Waals surface area contributed by atoms with E-state index in [0.717, 1.165) is 72.9 Å². The molecule has 1 saturated heterocycles. The number of hydrogen-bond donors (Lipinski definition) is 4. The number of unbranched alkanes of at least 4 members (excludes halogenated alkanes) is 2. The Labute approximate surface area is 216 Å². The minimum absolute atomic E-state index is 0.0346. The zero-order valence-corrected chi connectivity index (χ0v) is 20.9. The number of aliphatic imine (C=N–C) groups is 1. The second-order valence-corrected chi connectivity index (χ2v) is 11.1. The summed E-state index contributed by atoms with van der Waals surface area (Å²) in [4.78, 5) is 11.7. The third-order valence-corrected chi connectivity index (χ3v) is 9.27. The number of rotatable bonds is 6. The summed E-state index contributed by atoms with van der Waals surface area (Å²) >= 11 is 0. The summed E-state index contributed by atoms with van der Waals surface area (Å²) in [5.74, 6) is 0.826. The highest BCUT2D eigenvalue weighted by Crippen LogP contribution is 2.68. The molecule has 0 saturated carbocycles. The fourth-order valence-corrected chi connectivity index (χ4v) is 7.72. The number of piperidine rings is 1. The molecular formula is C29H33N5O3. The second-order valence-electron chi connectivity index (χ2n) is 11.1. The Morgan fingerprint density at radius 2 is 2.00 bits per heavy atom. The molecule has 37 heavy (non-hydrogen) atoms. The number of likely N-dealkylation sites (tertiary alicyclic amines) is 1. The number of fused-ring (bicyclic) bond motifs is 3. The highest BCUT2D eigenvalue weighted by molar-refractivity contribution is 5.80. The van der Waals surface area contributed by atoms with Gasteiger partial charge in [0.05, 0.1) is 22.2 Å². The Hall–Kier alpha value is -3.36. The molecule has 0 amide bonds. The molecule has 192 valence electrons. The molecule has 1 fully saturated rings. The number of nitrogens with two attached hydrogens (primary N) is 2. The fourth-order valence-electron chi connectivity index (χ4n) is 7.72. The summed E-state index contributed by atoms with van der Waals surface area (Å²) in [7, 11) is 0. The molecule has 3 heterocycles. The zero-order valence-electron chi connectivity index (χ0n) is 20.9. The van der Waals surface area contributed by atoms with Crippen LogP contribution in [-0.4, -0.2) is 57.3 Å². The predicted molar refractivity (Wildman–Crippen MR) is 142 cm³/mol. The van der Waals surface area contributed by atoms with E-state index in [9.17, 15) is 10.2 Å². The smallest absolute Gasteiger partial charge is 0.185 e. The van der Waals surface area contributed by atoms with Crippen LogP contribution in [0.25, 0.3) is 10.9 Å². The molecule has 8 nitrogen and oxygen atoms in total. The van der Waals surface area contributed by atoms with Gasteiger partial charge in [-0.2, -0.15) is 0 Å². The minimum atomic E-state index is -1.02. The van der Waals surface area contributed by atoms with Gasteiger partial charge in [0, 0.05) is 30.0 Å². The van der Waals surface area contributed by atoms with Crippen molar-refractivity contribution < 1.29 is 14.9 Å². The van der Waals surface area contributed by atoms with Crippen LogP contribution in [0.15, 0.2) is 47.5 Å². The third kappa shape index (κ3) is 3.09. The molecule has 1 aromatic heterocycles. The third-order valence-electron chi connectivity index (χ3n) is 9.27. The number of phenols is 1. The van der Waals surface area contributed by atoms with Gasteiger partial charge in [-0.3, -0.25) is 9.89 Å². The maximum Gasteiger partial charge on any atom is 0.185 e. The quantitative estimate of drug-likeness (QED) is 0.233. The Kier molecular flexibility index (Phi) is 4.97. The lowest BCUT2D eigenvalue weighted by Gasteiger charge is -2.62. The summed E-state index contributed by atoms with van der Waals surface area (Å²) in [5.41, 5.74) is 14.3. The molecule has 7 rings (SSSR count). The molecule has 4 aliphatic rings. The van der Waals surface area contributed by atoms with Gasteiger partial charge < -0.3 is 26.4 Å². The van der Waals surface area contributed by atoms with E-state index < -0.39 is 17.1 Å². The lowest BCUT2D eigenvalue weighted by atomic mass is 9.49. The second kappa shape index (κ2) is 8.07. The molecule has 2 bridgehead atoms. The predicted octanol–water partition coefficient (Wildman–Crippen LogP) is 2.67. The van der Waals surface area contributed by atoms with Gasteiger partial charge in [-0.25, -0.2) is 4.98 Å². The van der Waals surface area contributed by atoms with Gasteiger partial charge in [-0.1, -0.05) is 30.7 Å². The van der Waals surface area contributed by atoms with Gasteiger partial charge >= 0.3 is 0 Å². The number of aromatic nitrogens is 1. The van der Waals surface area contributed by atoms with E-state index in [0.29, 0.717) is 18.7 Å². The Balaban J connectivity index is 1.29. The van der Waals surface area contributed by atoms with Crippen LogP contribution < -0.4 is 16.2 Å². The normalized spacial score (nSPS) is 28.9. The van der Waals surface area contributed by atoms with Crippen molar-refractivity contribution in [2.24, 2.45) is 16.5 Å². The molecule has 4 atom stereocenters. The Morgan fingerprint density at radius 3 is 2.86 bits per heavy atom. The van der Waals surface area contributed by atoms with Crippen molar-refractivity contribution in [2.75, 3.05) is 19.6 Å². The van der Waals surface area contributed by atoms with Crippen molar-refractivity contribution in [3.8, 4) is 11.5 Å². The number of nitrogens with zero attached hydrogens (tertiary/aromatic N) is 3. The van der Waals surface area contributed by atoms with Gasteiger partial charge in [-0.05, 0) is 68.1 Å². The number of benzene rings is 2. The van der Waals surface area contributed by atoms with E-state index >= 15 is 0 Å². The maximum atomic E-state index is 12.8. The van der Waals surface area contributed by atoms with Crippen LogP contribution >= 0.6 is 0 Å². The molecule has 2 aliphatic carbocycles. The highest BCUT2D eigenvalue weighted by Gasteiger charge is 2.72. The molecular weight excluding hydrogens is 466 g/mol. The summed E-state index contributed by atoms with van der Waals surface area (Å²) in [6.45, 7) is 2.44. The summed E-state index contributed by atoms with van der Waals surface area (Å²) in [6.07, 6.45) is 4.60. The first-order valence-electron chi connectivity index (χ1n) is 13.3. The van der Waals surface area contributed by atoms with Gasteiger partial charge in [0.1, 0.15) is 0 Å². The molecule has 8 heteroatoms. The van der Waals surface area contributed by atoms with Gasteiger partial charge in [0.2, 0.25) is 0 Å². The van der Waals surface area contributed by atoms with Gasteiger partial charge in [-0.15, -0.1) is 0 Å². The van der Waals surface area contributed by atoms with Crippen LogP contribution in [0.5, 0.6) is 11.5 Å². The SMILES string of the molecule is NC(N)=NCCCCCN1CC[C@]23c4c5ccc(O)c4O[C@H]2c2nc4ccccc4cc2C[C@@]3(O)[C@H]1C5. The number of hydrogen-bond acceptors (Lipinski definition) is 6. The van der Waals surface area contributed by atoms with Crippen molar-refractivity contribution >= 4 is 16.9 Å². The molecule has 2 aromatic carbocycles. The van der Waals surface area contributed by atoms with Crippen molar-refractivity contribution in [3.63, 3.8) is 0 Å². The van der Waals surface area contributed by atoms with Crippen molar-refractivity contribution in [3.05, 3.63) is 64.8 Å². The first-order valence-corrected chi connectivity index (χ1v) is 13.3. The van der Waals surface area contributed by atoms with Crippen LogP contribution in [0.2, 0.25) is 0 Å². The van der Waals surface area contributed by atoms with Crippen LogP contribution in [-0.2, 0) is 18.3 Å². The molecule has 6 N–H and O–H groups in total. The number of phenolic OH excluding ortho intramolecular Hbond substituents is 1. The van der Waals surface area contributed by atoms with Crippen LogP contribution in [0.3, 0.4) is 0 Å². The van der Waals surface area contributed by atoms with Crippen molar-refractivity contribution in [1.82, 2.24) is 9.88 Å². The van der Waals surface area contributed by atoms with E-state index in [1.807, 2.05) is 24.3 Å². The molecule has 2 aliphatic heterocycles. The van der Waals surface area contributed by atoms with E-state index in [2.05, 4.69) is 22.0 Å². The monoisotopic (exact) mass is 499 g/mol. The number of guanidine groups is 1. The summed E-state index contributed by atoms with van der Waals surface area (Å²) in [5, 5.41) is 24.7. The lowest BCUT2D eigenvalue weighted by molar-refractivity contribution is -0.173. The first-order chi connectivity index (χ1) is 17.9. The number of aromatic hydroxyl groups is 1. The van der Waals surface area contributed by atoms with E-state index in [1.165, 1.54) is 5.56 Å². The topological polar surface area (TPSA) is 130 Å². The lowest BCUT2D eigenvalue weighted by Crippen LogP contribution is -2.74. The van der Waals surface area contributed by atoms with Crippen molar-refractivity contribution in [1.29, 1.82) is 0 Å². The number of pyridine rings is 1. The number of ether oxygens (including phenoxy) is 1. The van der Waals surface area contributed by atoms with Crippen molar-refractivity contribution in [2.45, 2.75) is 61.7 Å². The van der Waals surface area contributed by atoms with Gasteiger partial charge in [0.25, 0.3) is 0 Å². The van der Waals surface area contributed by atoms with Crippen LogP contribution in [0.4, 0.5) is 0 Å². The van der Waals surface area contributed by atoms with Crippen LogP contribution in [0.1, 0.15) is 54.2 Å². The summed E-state index contributed by atoms with van der Waals surface area (Å²) < 4.78 is 6.61. The van der Waals surface area contributed by atoms with Crippen LogP contribution in [0, 0.1) is 0 Å². The van der Waals surface area contributed by atoms with E-state index in [1.54, 1.807) is 6.07 Å². The molecule has 1 spiro atoms. The largest absolute Gasteiger partial charge is 0.504 e.